The first kappa shape index (κ1) is 220. The van der Waals surface area contributed by atoms with E-state index in [0.717, 1.165) is 0 Å². The van der Waals surface area contributed by atoms with Gasteiger partial charge in [-0.05, 0) is 0 Å². The van der Waals surface area contributed by atoms with E-state index in [1.165, 1.54) is 0 Å². The predicted molar refractivity (Wildman–Crippen MR) is 43.5 cm³/mol. The summed E-state index contributed by atoms with van der Waals surface area (Å²) in [6.45, 7) is 0. The molecule has 0 aliphatic heterocycles. The van der Waals surface area contributed by atoms with E-state index in [1.807, 2.05) is 0 Å². The Bertz CT molecular complexity index is 63.5. The third-order valence-corrected chi connectivity index (χ3v) is 0. The van der Waals surface area contributed by atoms with Crippen LogP contribution in [0.25, 0.3) is 0 Å². The van der Waals surface area contributed by atoms with Crippen LogP contribution in [-0.4, -0.2) is 69.4 Å². The quantitative estimate of drug-likeness (QED) is 0.184. The molecule has 0 rings (SSSR count). The maximum atomic E-state index is 8.88. The fourth-order valence-electron chi connectivity index (χ4n) is 0. The molecule has 19 heteroatoms. The Labute approximate surface area is 164 Å². The Morgan fingerprint density at radius 1 is 0.526 bits per heavy atom. The number of hydrogen-bond acceptors (Lipinski definition) is 8. The van der Waals surface area contributed by atoms with Crippen molar-refractivity contribution in [1.29, 1.82) is 0 Å². The number of phosphoric acid groups is 1. The minimum Gasteiger partial charge on any atom is -0.870 e. The number of rotatable bonds is 0. The molecule has 0 aromatic rings. The minimum absolute atomic E-state index is 0. The van der Waals surface area contributed by atoms with E-state index in [0.29, 0.717) is 0 Å². The summed E-state index contributed by atoms with van der Waals surface area (Å²) in [5.41, 5.74) is 0. The zero-order valence-corrected chi connectivity index (χ0v) is 17.2. The van der Waals surface area contributed by atoms with Gasteiger partial charge in [0.2, 0.25) is 0 Å². The second-order valence-electron chi connectivity index (χ2n) is 0.513. The van der Waals surface area contributed by atoms with Gasteiger partial charge in [0.1, 0.15) is 0 Å². The molecular weight excluding hydrogens is 545 g/mol. The summed E-state index contributed by atoms with van der Waals surface area (Å²) in [7, 11) is -4.64. The summed E-state index contributed by atoms with van der Waals surface area (Å²) in [4.78, 5) is 21.6. The molecule has 0 saturated heterocycles. The predicted octanol–water partition coefficient (Wildman–Crippen LogP) is -5.57. The molecule has 0 heterocycles. The fraction of sp³-hybridized carbons (Fsp3) is 0. The Balaban J connectivity index is -0.000000000879. The molecule has 19 N–H and O–H groups in total. The molecule has 0 bridgehead atoms. The van der Waals surface area contributed by atoms with Gasteiger partial charge in [0.15, 0.2) is 0 Å². The van der Waals surface area contributed by atoms with Crippen LogP contribution in [0.4, 0.5) is 0 Å². The van der Waals surface area contributed by atoms with Crippen molar-refractivity contribution in [2.75, 3.05) is 0 Å². The molecule has 0 aromatic heterocycles. The molecule has 0 saturated carbocycles. The summed E-state index contributed by atoms with van der Waals surface area (Å²) in [6.07, 6.45) is 0. The monoisotopic (exact) mass is 560 g/mol. The first-order valence-electron chi connectivity index (χ1n) is 0.783. The molecule has 19 heavy (non-hydrogen) atoms. The van der Waals surface area contributed by atoms with Crippen LogP contribution in [0.3, 0.4) is 0 Å². The van der Waals surface area contributed by atoms with E-state index in [4.69, 9.17) is 19.2 Å². The zero-order valence-electron chi connectivity index (χ0n) is 8.90. The van der Waals surface area contributed by atoms with Crippen molar-refractivity contribution >= 4 is 7.82 Å². The summed E-state index contributed by atoms with van der Waals surface area (Å²) in [5, 5.41) is 0. The molecule has 0 unspecified atom stereocenters. The normalized spacial score (nSPS) is 3.11. The Kier molecular flexibility index (Phi) is 1270. The molecular formula is H19O15PZr3-6. The second kappa shape index (κ2) is 110. The Morgan fingerprint density at radius 3 is 0.526 bits per heavy atom. The van der Waals surface area contributed by atoms with Crippen molar-refractivity contribution in [3.63, 3.8) is 0 Å². The third-order valence-electron chi connectivity index (χ3n) is 0. The van der Waals surface area contributed by atoms with Crippen LogP contribution in [-0.2, 0) is 88.7 Å². The number of hydrogen-bond donors (Lipinski definition) is 3. The molecule has 0 atom stereocenters. The summed E-state index contributed by atoms with van der Waals surface area (Å²) < 4.78 is 8.88. The second-order valence-corrected chi connectivity index (χ2v) is 1.54. The molecule has 15 nitrogen and oxygen atoms in total. The van der Waals surface area contributed by atoms with E-state index in [9.17, 15) is 0 Å². The molecule has 132 valence electrons. The molecule has 0 aliphatic rings. The average Bonchev–Trinajstić information content (AvgIpc) is 0.722. The van der Waals surface area contributed by atoms with Crippen LogP contribution in [0, 0.1) is 0 Å². The van der Waals surface area contributed by atoms with Gasteiger partial charge >= 0.3 is 7.82 Å². The van der Waals surface area contributed by atoms with Gasteiger partial charge in [-0.1, -0.05) is 0 Å². The van der Waals surface area contributed by atoms with E-state index in [1.54, 1.807) is 0 Å². The molecule has 0 radical (unpaired) electrons. The molecule has 0 spiro atoms. The third kappa shape index (κ3) is 1270. The standard InChI is InChI=1S/H3O4P.11H2O.3Zr/c1-5(2,3)4;;;;;;;;;;;;;;/h(H3,1,2,3,4);11*1H2;;;/p-6. The van der Waals surface area contributed by atoms with Gasteiger partial charge in [-0.15, -0.1) is 0 Å². The Hall–Kier alpha value is 2.32. The van der Waals surface area contributed by atoms with Crippen molar-refractivity contribution in [3.05, 3.63) is 0 Å². The smallest absolute Gasteiger partial charge is 0.466 e. The topological polar surface area (TPSA) is 415 Å². The van der Waals surface area contributed by atoms with Crippen LogP contribution in [0.5, 0.6) is 0 Å². The molecule has 0 amide bonds. The van der Waals surface area contributed by atoms with Crippen LogP contribution >= 0.6 is 7.82 Å². The van der Waals surface area contributed by atoms with Crippen molar-refractivity contribution in [2.24, 2.45) is 0 Å². The molecule has 0 aliphatic carbocycles. The molecule has 0 fully saturated rings. The summed E-state index contributed by atoms with van der Waals surface area (Å²) in [6, 6.07) is 0. The van der Waals surface area contributed by atoms with E-state index in [-0.39, 0.29) is 139 Å². The van der Waals surface area contributed by atoms with Crippen molar-refractivity contribution in [1.82, 2.24) is 0 Å². The van der Waals surface area contributed by atoms with Gasteiger partial charge < -0.3 is 74.9 Å². The Morgan fingerprint density at radius 2 is 0.526 bits per heavy atom. The maximum Gasteiger partial charge on any atom is 0.466 e. The first-order valence-corrected chi connectivity index (χ1v) is 2.35. The van der Waals surface area contributed by atoms with Gasteiger partial charge in [0.25, 0.3) is 0 Å². The van der Waals surface area contributed by atoms with E-state index in [2.05, 4.69) is 0 Å². The van der Waals surface area contributed by atoms with Crippen LogP contribution in [0.2, 0.25) is 0 Å². The van der Waals surface area contributed by atoms with Gasteiger partial charge in [-0.2, -0.15) is 0 Å². The van der Waals surface area contributed by atoms with E-state index < -0.39 is 7.82 Å². The van der Waals surface area contributed by atoms with Gasteiger partial charge in [0, 0.05) is 78.6 Å². The van der Waals surface area contributed by atoms with Crippen molar-refractivity contribution < 1.29 is 158 Å². The van der Waals surface area contributed by atoms with Crippen LogP contribution in [0.15, 0.2) is 0 Å². The van der Waals surface area contributed by atoms with Crippen LogP contribution < -0.4 is 0 Å². The van der Waals surface area contributed by atoms with E-state index >= 15 is 0 Å². The fourth-order valence-corrected chi connectivity index (χ4v) is 0. The van der Waals surface area contributed by atoms with Gasteiger partial charge in [-0.25, -0.2) is 4.57 Å². The maximum absolute atomic E-state index is 8.88. The van der Waals surface area contributed by atoms with Crippen molar-refractivity contribution in [3.8, 4) is 0 Å². The molecule has 0 aromatic carbocycles. The summed E-state index contributed by atoms with van der Waals surface area (Å²) >= 11 is 0. The zero-order chi connectivity index (χ0) is 4.50. The van der Waals surface area contributed by atoms with Crippen LogP contribution in [0.1, 0.15) is 0 Å². The first-order chi connectivity index (χ1) is 2.00. The largest absolute Gasteiger partial charge is 0.870 e. The van der Waals surface area contributed by atoms with Crippen molar-refractivity contribution in [2.45, 2.75) is 0 Å². The average molecular weight is 564 g/mol. The summed E-state index contributed by atoms with van der Waals surface area (Å²) in [5.74, 6) is 0. The minimum atomic E-state index is -4.64. The van der Waals surface area contributed by atoms with Gasteiger partial charge in [-0.3, -0.25) is 0 Å². The SMILES string of the molecule is O.O.O.O=P(O)(O)O.[OH-].[OH-].[OH-].[OH-].[OH-].[OH-].[OH-].[OH3+].[Zr].[Zr].[Zr]. The van der Waals surface area contributed by atoms with Gasteiger partial charge in [0.05, 0.1) is 0 Å².